The summed E-state index contributed by atoms with van der Waals surface area (Å²) >= 11 is 0. The maximum Gasteiger partial charge on any atom is 0.410 e. The summed E-state index contributed by atoms with van der Waals surface area (Å²) in [5.74, 6) is 0.0841. The molecule has 0 fully saturated rings. The summed E-state index contributed by atoms with van der Waals surface area (Å²) in [6, 6.07) is 39.3. The lowest BCUT2D eigenvalue weighted by molar-refractivity contribution is -0.112. The molecule has 182 valence electrons. The molecule has 4 aromatic carbocycles. The van der Waals surface area contributed by atoms with Crippen LogP contribution in [-0.4, -0.2) is 29.9 Å². The van der Waals surface area contributed by atoms with Crippen LogP contribution in [0.5, 0.6) is 0 Å². The average Bonchev–Trinajstić information content (AvgIpc) is 2.95. The van der Waals surface area contributed by atoms with E-state index in [2.05, 4.69) is 24.3 Å². The minimum atomic E-state index is -0.622. The van der Waals surface area contributed by atoms with Gasteiger partial charge >= 0.3 is 6.09 Å². The van der Waals surface area contributed by atoms with E-state index in [0.29, 0.717) is 19.4 Å². The molecule has 0 aliphatic carbocycles. The Hall–Kier alpha value is -4.18. The third-order valence-corrected chi connectivity index (χ3v) is 6.35. The van der Waals surface area contributed by atoms with Crippen LogP contribution in [0.1, 0.15) is 34.6 Å². The zero-order valence-corrected chi connectivity index (χ0v) is 20.3. The summed E-state index contributed by atoms with van der Waals surface area (Å²) in [4.78, 5) is 27.2. The molecule has 0 saturated carbocycles. The van der Waals surface area contributed by atoms with Crippen molar-refractivity contribution in [1.29, 1.82) is 0 Å². The molecule has 4 heteroatoms. The molecule has 1 atom stereocenters. The molecule has 0 saturated heterocycles. The van der Waals surface area contributed by atoms with Crippen LogP contribution in [0.4, 0.5) is 4.79 Å². The molecule has 1 amide bonds. The highest BCUT2D eigenvalue weighted by Crippen LogP contribution is 2.28. The van der Waals surface area contributed by atoms with E-state index in [1.807, 2.05) is 97.1 Å². The minimum Gasteiger partial charge on any atom is -0.445 e. The van der Waals surface area contributed by atoms with Crippen LogP contribution in [0, 0.1) is 0 Å². The highest BCUT2D eigenvalue weighted by molar-refractivity contribution is 5.73. The van der Waals surface area contributed by atoms with E-state index in [1.54, 1.807) is 4.90 Å². The first-order chi connectivity index (χ1) is 17.7. The number of carbonyl (C=O) groups excluding carboxylic acids is 2. The third-order valence-electron chi connectivity index (χ3n) is 6.35. The number of hydrogen-bond acceptors (Lipinski definition) is 3. The molecule has 4 rings (SSSR count). The third kappa shape index (κ3) is 6.92. The van der Waals surface area contributed by atoms with Crippen molar-refractivity contribution >= 4 is 12.4 Å². The molecule has 1 unspecified atom stereocenters. The van der Waals surface area contributed by atoms with E-state index in [0.717, 1.165) is 17.4 Å². The molecule has 0 N–H and O–H groups in total. The van der Waals surface area contributed by atoms with Gasteiger partial charge in [-0.25, -0.2) is 4.79 Å². The number of benzene rings is 4. The van der Waals surface area contributed by atoms with Crippen LogP contribution in [0.3, 0.4) is 0 Å². The van der Waals surface area contributed by atoms with Gasteiger partial charge in [-0.05, 0) is 35.1 Å². The minimum absolute atomic E-state index is 0.0841. The smallest absolute Gasteiger partial charge is 0.410 e. The quantitative estimate of drug-likeness (QED) is 0.227. The molecule has 4 aromatic rings. The zero-order valence-electron chi connectivity index (χ0n) is 20.3. The van der Waals surface area contributed by atoms with Crippen molar-refractivity contribution in [1.82, 2.24) is 4.90 Å². The average molecular weight is 478 g/mol. The van der Waals surface area contributed by atoms with E-state index in [9.17, 15) is 9.59 Å². The second-order valence-corrected chi connectivity index (χ2v) is 8.79. The molecule has 0 aliphatic heterocycles. The highest BCUT2D eigenvalue weighted by Gasteiger charge is 2.27. The predicted molar refractivity (Wildman–Crippen MR) is 143 cm³/mol. The maximum absolute atomic E-state index is 13.3. The first-order valence-electron chi connectivity index (χ1n) is 12.3. The fourth-order valence-corrected chi connectivity index (χ4v) is 4.45. The molecule has 0 heterocycles. The van der Waals surface area contributed by atoms with Crippen LogP contribution in [0.15, 0.2) is 121 Å². The maximum atomic E-state index is 13.3. The van der Waals surface area contributed by atoms with Crippen molar-refractivity contribution in [3.63, 3.8) is 0 Å². The monoisotopic (exact) mass is 477 g/mol. The van der Waals surface area contributed by atoms with Gasteiger partial charge in [0.05, 0.1) is 6.04 Å². The Morgan fingerprint density at radius 3 is 1.67 bits per heavy atom. The molecule has 0 bridgehead atoms. The van der Waals surface area contributed by atoms with Crippen molar-refractivity contribution < 1.29 is 14.3 Å². The lowest BCUT2D eigenvalue weighted by atomic mass is 9.88. The molecule has 36 heavy (non-hydrogen) atoms. The van der Waals surface area contributed by atoms with Crippen LogP contribution in [0.25, 0.3) is 0 Å². The van der Waals surface area contributed by atoms with Gasteiger partial charge in [0.2, 0.25) is 0 Å². The summed E-state index contributed by atoms with van der Waals surface area (Å²) in [5.41, 5.74) is 4.25. The number of nitrogens with zero attached hydrogens (tertiary/aromatic N) is 1. The normalized spacial score (nSPS) is 11.6. The predicted octanol–water partition coefficient (Wildman–Crippen LogP) is 6.66. The second-order valence-electron chi connectivity index (χ2n) is 8.79. The lowest BCUT2D eigenvalue weighted by Gasteiger charge is -2.30. The molecule has 0 radical (unpaired) electrons. The van der Waals surface area contributed by atoms with E-state index in [1.165, 1.54) is 11.1 Å². The first-order valence-corrected chi connectivity index (χ1v) is 12.3. The Balaban J connectivity index is 1.56. The van der Waals surface area contributed by atoms with E-state index in [-0.39, 0.29) is 12.5 Å². The molecular weight excluding hydrogens is 446 g/mol. The zero-order chi connectivity index (χ0) is 25.0. The second kappa shape index (κ2) is 13.1. The number of amides is 1. The van der Waals surface area contributed by atoms with Gasteiger partial charge < -0.3 is 9.53 Å². The number of hydrogen-bond donors (Lipinski definition) is 0. The molecule has 0 aromatic heterocycles. The largest absolute Gasteiger partial charge is 0.445 e. The molecule has 0 aliphatic rings. The van der Waals surface area contributed by atoms with Gasteiger partial charge in [0.15, 0.2) is 0 Å². The lowest BCUT2D eigenvalue weighted by Crippen LogP contribution is -2.44. The summed E-state index contributed by atoms with van der Waals surface area (Å²) in [5, 5.41) is 0. The Morgan fingerprint density at radius 2 is 1.17 bits per heavy atom. The number of ether oxygens (including phenoxy) is 1. The topological polar surface area (TPSA) is 46.6 Å². The van der Waals surface area contributed by atoms with Crippen LogP contribution in [-0.2, 0) is 22.6 Å². The SMILES string of the molecule is O=CC(Cc1ccccc1)N(CCC(c1ccccc1)c1ccccc1)C(=O)OCc1ccccc1. The summed E-state index contributed by atoms with van der Waals surface area (Å²) < 4.78 is 5.68. The van der Waals surface area contributed by atoms with Gasteiger partial charge in [-0.15, -0.1) is 0 Å². The van der Waals surface area contributed by atoms with Gasteiger partial charge in [0.1, 0.15) is 12.9 Å². The van der Waals surface area contributed by atoms with Crippen molar-refractivity contribution in [3.05, 3.63) is 144 Å². The van der Waals surface area contributed by atoms with Crippen LogP contribution < -0.4 is 0 Å². The van der Waals surface area contributed by atoms with Gasteiger partial charge in [-0.3, -0.25) is 4.90 Å². The fourth-order valence-electron chi connectivity index (χ4n) is 4.45. The Kier molecular flexibility index (Phi) is 9.04. The van der Waals surface area contributed by atoms with E-state index in [4.69, 9.17) is 4.74 Å². The Morgan fingerprint density at radius 1 is 0.694 bits per heavy atom. The molecular formula is C32H31NO3. The van der Waals surface area contributed by atoms with Gasteiger partial charge in [0, 0.05) is 12.5 Å². The van der Waals surface area contributed by atoms with Crippen molar-refractivity contribution in [2.45, 2.75) is 31.4 Å². The van der Waals surface area contributed by atoms with Crippen molar-refractivity contribution in [3.8, 4) is 0 Å². The highest BCUT2D eigenvalue weighted by atomic mass is 16.6. The van der Waals surface area contributed by atoms with Gasteiger partial charge in [-0.2, -0.15) is 0 Å². The standard InChI is InChI=1S/C32H31NO3/c34-24-30(23-26-13-5-1-6-14-26)33(32(35)36-25-27-15-7-2-8-16-27)22-21-31(28-17-9-3-10-18-28)29-19-11-4-12-20-29/h1-20,24,30-31H,21-23,25H2. The van der Waals surface area contributed by atoms with E-state index >= 15 is 0 Å². The molecule has 4 nitrogen and oxygen atoms in total. The van der Waals surface area contributed by atoms with Crippen LogP contribution >= 0.6 is 0 Å². The fraction of sp³-hybridized carbons (Fsp3) is 0.188. The Labute approximate surface area is 213 Å². The van der Waals surface area contributed by atoms with Gasteiger partial charge in [0.25, 0.3) is 0 Å². The van der Waals surface area contributed by atoms with Gasteiger partial charge in [-0.1, -0.05) is 121 Å². The number of rotatable bonds is 11. The molecule has 0 spiro atoms. The number of carbonyl (C=O) groups is 2. The summed E-state index contributed by atoms with van der Waals surface area (Å²) in [7, 11) is 0. The summed E-state index contributed by atoms with van der Waals surface area (Å²) in [6.45, 7) is 0.548. The van der Waals surface area contributed by atoms with Crippen molar-refractivity contribution in [2.75, 3.05) is 6.54 Å². The number of aldehydes is 1. The van der Waals surface area contributed by atoms with Crippen molar-refractivity contribution in [2.24, 2.45) is 0 Å². The first kappa shape index (κ1) is 24.9. The Bertz CT molecular complexity index is 1160. The van der Waals surface area contributed by atoms with Crippen LogP contribution in [0.2, 0.25) is 0 Å². The van der Waals surface area contributed by atoms with E-state index < -0.39 is 12.1 Å². The summed E-state index contributed by atoms with van der Waals surface area (Å²) in [6.07, 6.45) is 1.48.